The van der Waals surface area contributed by atoms with Crippen molar-refractivity contribution < 1.29 is 14.0 Å². The maximum absolute atomic E-state index is 12.7. The van der Waals surface area contributed by atoms with E-state index in [0.29, 0.717) is 4.64 Å². The van der Waals surface area contributed by atoms with Gasteiger partial charge in [0.1, 0.15) is 10.5 Å². The molecule has 0 aliphatic rings. The van der Waals surface area contributed by atoms with Gasteiger partial charge in [-0.15, -0.1) is 0 Å². The lowest BCUT2D eigenvalue weighted by molar-refractivity contribution is 0.0452. The van der Waals surface area contributed by atoms with E-state index in [1.807, 2.05) is 0 Å². The highest BCUT2D eigenvalue weighted by molar-refractivity contribution is 7.71. The molecule has 3 nitrogen and oxygen atoms in total. The van der Waals surface area contributed by atoms with Crippen LogP contribution in [0.3, 0.4) is 0 Å². The van der Waals surface area contributed by atoms with E-state index in [1.165, 1.54) is 35.2 Å². The number of hydrogen-bond donors (Lipinski definition) is 0. The lowest BCUT2D eigenvalue weighted by Gasteiger charge is -2.06. The lowest BCUT2D eigenvalue weighted by Crippen LogP contribution is -2.20. The van der Waals surface area contributed by atoms with Gasteiger partial charge < -0.3 is 4.84 Å². The van der Waals surface area contributed by atoms with Gasteiger partial charge in [-0.25, -0.2) is 9.18 Å². The predicted molar refractivity (Wildman–Crippen MR) is 62.6 cm³/mol. The second kappa shape index (κ2) is 4.88. The van der Waals surface area contributed by atoms with Gasteiger partial charge in [0.2, 0.25) is 0 Å². The van der Waals surface area contributed by atoms with Crippen molar-refractivity contribution in [1.82, 2.24) is 4.73 Å². The van der Waals surface area contributed by atoms with Crippen LogP contribution in [0.15, 0.2) is 48.7 Å². The Labute approximate surface area is 102 Å². The first-order valence-corrected chi connectivity index (χ1v) is 5.23. The number of nitrogens with zero attached hydrogens (tertiary/aromatic N) is 1. The Morgan fingerprint density at radius 2 is 1.88 bits per heavy atom. The van der Waals surface area contributed by atoms with Crippen LogP contribution in [-0.2, 0) is 0 Å². The third-order valence-corrected chi connectivity index (χ3v) is 2.37. The molecule has 0 amide bonds. The molecule has 2 rings (SSSR count). The summed E-state index contributed by atoms with van der Waals surface area (Å²) in [5.74, 6) is -0.995. The number of aromatic nitrogens is 1. The summed E-state index contributed by atoms with van der Waals surface area (Å²) >= 11 is 4.97. The van der Waals surface area contributed by atoms with E-state index in [4.69, 9.17) is 17.1 Å². The van der Waals surface area contributed by atoms with Gasteiger partial charge in [-0.1, -0.05) is 18.3 Å². The Morgan fingerprint density at radius 1 is 1.18 bits per heavy atom. The molecule has 2 aromatic rings. The van der Waals surface area contributed by atoms with Crippen LogP contribution in [0.4, 0.5) is 4.39 Å². The van der Waals surface area contributed by atoms with Crippen molar-refractivity contribution in [2.24, 2.45) is 0 Å². The van der Waals surface area contributed by atoms with Gasteiger partial charge in [0.25, 0.3) is 0 Å². The van der Waals surface area contributed by atoms with Gasteiger partial charge in [0.05, 0.1) is 5.56 Å². The van der Waals surface area contributed by atoms with Crippen LogP contribution in [-0.4, -0.2) is 10.7 Å². The van der Waals surface area contributed by atoms with Gasteiger partial charge in [-0.2, -0.15) is 4.73 Å². The molecule has 17 heavy (non-hydrogen) atoms. The van der Waals surface area contributed by atoms with Crippen LogP contribution in [0.1, 0.15) is 10.4 Å². The molecule has 1 aromatic heterocycles. The summed E-state index contributed by atoms with van der Waals surface area (Å²) in [7, 11) is 0. The van der Waals surface area contributed by atoms with E-state index < -0.39 is 11.8 Å². The smallest absolute Gasteiger partial charge is 0.330 e. The van der Waals surface area contributed by atoms with Crippen molar-refractivity contribution in [1.29, 1.82) is 0 Å². The number of carbonyl (C=O) groups excluding carboxylic acids is 1. The Kier molecular flexibility index (Phi) is 3.30. The SMILES string of the molecule is O=C(On1ccccc1=S)c1ccc(F)cc1. The number of rotatable bonds is 2. The summed E-state index contributed by atoms with van der Waals surface area (Å²) in [5, 5.41) is 0. The fourth-order valence-electron chi connectivity index (χ4n) is 1.22. The molecule has 0 saturated heterocycles. The number of halogens is 1. The molecule has 0 aliphatic heterocycles. The molecule has 0 bridgehead atoms. The van der Waals surface area contributed by atoms with Crippen LogP contribution >= 0.6 is 12.2 Å². The Bertz CT molecular complexity index is 592. The normalized spacial score (nSPS) is 9.94. The zero-order valence-electron chi connectivity index (χ0n) is 8.67. The van der Waals surface area contributed by atoms with E-state index in [-0.39, 0.29) is 5.56 Å². The maximum atomic E-state index is 12.7. The zero-order valence-corrected chi connectivity index (χ0v) is 9.49. The average Bonchev–Trinajstić information content (AvgIpc) is 2.33. The quantitative estimate of drug-likeness (QED) is 0.767. The Hall–Kier alpha value is -2.01. The lowest BCUT2D eigenvalue weighted by atomic mass is 10.2. The second-order valence-electron chi connectivity index (χ2n) is 3.25. The third kappa shape index (κ3) is 2.76. The fourth-order valence-corrected chi connectivity index (χ4v) is 1.39. The number of pyridine rings is 1. The standard InChI is InChI=1S/C12H8FNO2S/c13-10-6-4-9(5-7-10)12(15)16-14-8-2-1-3-11(14)17/h1-8H. The van der Waals surface area contributed by atoms with E-state index >= 15 is 0 Å². The first-order chi connectivity index (χ1) is 8.16. The summed E-state index contributed by atoms with van der Waals surface area (Å²) in [4.78, 5) is 16.7. The van der Waals surface area contributed by atoms with E-state index in [1.54, 1.807) is 18.2 Å². The van der Waals surface area contributed by atoms with Crippen molar-refractivity contribution in [3.05, 3.63) is 64.7 Å². The van der Waals surface area contributed by atoms with Crippen LogP contribution < -0.4 is 4.84 Å². The first kappa shape index (κ1) is 11.5. The van der Waals surface area contributed by atoms with E-state index in [9.17, 15) is 9.18 Å². The fraction of sp³-hybridized carbons (Fsp3) is 0. The first-order valence-electron chi connectivity index (χ1n) is 4.83. The van der Waals surface area contributed by atoms with Crippen LogP contribution in [0.25, 0.3) is 0 Å². The third-order valence-electron chi connectivity index (χ3n) is 2.05. The summed E-state index contributed by atoms with van der Waals surface area (Å²) in [6, 6.07) is 10.2. The van der Waals surface area contributed by atoms with Crippen molar-refractivity contribution in [2.45, 2.75) is 0 Å². The number of carbonyl (C=O) groups is 1. The van der Waals surface area contributed by atoms with Gasteiger partial charge in [-0.05, 0) is 36.4 Å². The Morgan fingerprint density at radius 3 is 2.53 bits per heavy atom. The van der Waals surface area contributed by atoms with Crippen LogP contribution in [0, 0.1) is 10.5 Å². The number of hydrogen-bond acceptors (Lipinski definition) is 3. The minimum atomic E-state index is -0.590. The molecule has 0 N–H and O–H groups in total. The molecular weight excluding hydrogens is 241 g/mol. The molecule has 0 fully saturated rings. The van der Waals surface area contributed by atoms with Crippen molar-refractivity contribution >= 4 is 18.2 Å². The largest absolute Gasteiger partial charge is 0.363 e. The van der Waals surface area contributed by atoms with Crippen LogP contribution in [0.2, 0.25) is 0 Å². The highest BCUT2D eigenvalue weighted by Gasteiger charge is 2.08. The highest BCUT2D eigenvalue weighted by Crippen LogP contribution is 2.03. The molecular formula is C12H8FNO2S. The van der Waals surface area contributed by atoms with E-state index in [0.717, 1.165) is 0 Å². The van der Waals surface area contributed by atoms with Gasteiger partial charge in [0, 0.05) is 6.20 Å². The van der Waals surface area contributed by atoms with Crippen LogP contribution in [0.5, 0.6) is 0 Å². The second-order valence-corrected chi connectivity index (χ2v) is 3.67. The van der Waals surface area contributed by atoms with Crippen molar-refractivity contribution in [3.8, 4) is 0 Å². The van der Waals surface area contributed by atoms with Gasteiger partial charge >= 0.3 is 5.97 Å². The van der Waals surface area contributed by atoms with Gasteiger partial charge in [0.15, 0.2) is 0 Å². The monoisotopic (exact) mass is 249 g/mol. The minimum absolute atomic E-state index is 0.261. The van der Waals surface area contributed by atoms with E-state index in [2.05, 4.69) is 0 Å². The molecule has 0 aliphatic carbocycles. The predicted octanol–water partition coefficient (Wildman–Crippen LogP) is 2.63. The molecule has 0 spiro atoms. The molecule has 0 radical (unpaired) electrons. The minimum Gasteiger partial charge on any atom is -0.330 e. The summed E-state index contributed by atoms with van der Waals surface area (Å²) in [6.07, 6.45) is 1.53. The summed E-state index contributed by atoms with van der Waals surface area (Å²) < 4.78 is 14.2. The molecule has 5 heteroatoms. The molecule has 1 heterocycles. The van der Waals surface area contributed by atoms with Crippen molar-refractivity contribution in [2.75, 3.05) is 0 Å². The highest BCUT2D eigenvalue weighted by atomic mass is 32.1. The number of benzene rings is 1. The van der Waals surface area contributed by atoms with Crippen molar-refractivity contribution in [3.63, 3.8) is 0 Å². The maximum Gasteiger partial charge on any atom is 0.363 e. The summed E-state index contributed by atoms with van der Waals surface area (Å²) in [6.45, 7) is 0. The zero-order chi connectivity index (χ0) is 12.3. The molecule has 1 aromatic carbocycles. The topological polar surface area (TPSA) is 31.2 Å². The van der Waals surface area contributed by atoms with Gasteiger partial charge in [-0.3, -0.25) is 0 Å². The Balaban J connectivity index is 2.20. The molecule has 0 saturated carbocycles. The average molecular weight is 249 g/mol. The molecule has 86 valence electrons. The summed E-state index contributed by atoms with van der Waals surface area (Å²) in [5.41, 5.74) is 0.261. The molecule has 0 unspecified atom stereocenters. The molecule has 0 atom stereocenters.